The molecule has 14 heavy (non-hydrogen) atoms. The molecule has 0 aliphatic rings. The number of hydrogen-bond donors (Lipinski definition) is 1. The highest BCUT2D eigenvalue weighted by atomic mass is 16.1. The molecule has 4 heteroatoms. The van der Waals surface area contributed by atoms with Crippen molar-refractivity contribution < 1.29 is 0 Å². The third kappa shape index (κ3) is 3.20. The third-order valence-electron chi connectivity index (χ3n) is 2.04. The van der Waals surface area contributed by atoms with E-state index < -0.39 is 0 Å². The lowest BCUT2D eigenvalue weighted by molar-refractivity contribution is 0.477. The Morgan fingerprint density at radius 1 is 1.57 bits per heavy atom. The fourth-order valence-corrected chi connectivity index (χ4v) is 1.26. The molecule has 1 rings (SSSR count). The van der Waals surface area contributed by atoms with Gasteiger partial charge in [0.2, 0.25) is 0 Å². The van der Waals surface area contributed by atoms with Gasteiger partial charge in [-0.25, -0.2) is 4.68 Å². The number of aromatic nitrogens is 2. The molecule has 0 aromatic carbocycles. The molecule has 4 nitrogen and oxygen atoms in total. The van der Waals surface area contributed by atoms with Crippen LogP contribution in [-0.2, 0) is 6.54 Å². The van der Waals surface area contributed by atoms with E-state index in [0.717, 1.165) is 12.8 Å². The maximum atomic E-state index is 11.3. The number of rotatable bonds is 4. The lowest BCUT2D eigenvalue weighted by Crippen LogP contribution is -2.22. The zero-order chi connectivity index (χ0) is 10.6. The lowest BCUT2D eigenvalue weighted by Gasteiger charge is -2.05. The molecule has 0 unspecified atom stereocenters. The van der Waals surface area contributed by atoms with Gasteiger partial charge in [0.05, 0.1) is 11.9 Å². The first kappa shape index (κ1) is 10.8. The maximum absolute atomic E-state index is 11.3. The van der Waals surface area contributed by atoms with Gasteiger partial charge in [-0.15, -0.1) is 0 Å². The van der Waals surface area contributed by atoms with Gasteiger partial charge >= 0.3 is 0 Å². The van der Waals surface area contributed by atoms with Crippen LogP contribution in [0.3, 0.4) is 0 Å². The van der Waals surface area contributed by atoms with Gasteiger partial charge < -0.3 is 5.73 Å². The predicted molar refractivity (Wildman–Crippen MR) is 57.0 cm³/mol. The van der Waals surface area contributed by atoms with E-state index in [1.54, 1.807) is 0 Å². The molecule has 78 valence electrons. The van der Waals surface area contributed by atoms with Crippen molar-refractivity contribution in [3.63, 3.8) is 0 Å². The summed E-state index contributed by atoms with van der Waals surface area (Å²) in [6.07, 6.45) is 3.60. The van der Waals surface area contributed by atoms with Crippen molar-refractivity contribution in [3.05, 3.63) is 22.6 Å². The second kappa shape index (κ2) is 4.79. The van der Waals surface area contributed by atoms with Crippen LogP contribution in [0.1, 0.15) is 26.7 Å². The predicted octanol–water partition coefficient (Wildman–Crippen LogP) is 1.26. The molecule has 0 fully saturated rings. The second-order valence-corrected chi connectivity index (χ2v) is 3.89. The molecule has 1 heterocycles. The van der Waals surface area contributed by atoms with E-state index in [-0.39, 0.29) is 5.56 Å². The monoisotopic (exact) mass is 195 g/mol. The van der Waals surface area contributed by atoms with E-state index >= 15 is 0 Å². The molecule has 0 amide bonds. The summed E-state index contributed by atoms with van der Waals surface area (Å²) in [6.45, 7) is 5.01. The Hall–Kier alpha value is -1.32. The van der Waals surface area contributed by atoms with Crippen molar-refractivity contribution in [1.82, 2.24) is 9.78 Å². The molecular weight excluding hydrogens is 178 g/mol. The molecule has 0 bridgehead atoms. The molecule has 0 saturated heterocycles. The van der Waals surface area contributed by atoms with Crippen LogP contribution in [0.15, 0.2) is 17.1 Å². The average molecular weight is 195 g/mol. The molecule has 0 saturated carbocycles. The molecule has 0 radical (unpaired) electrons. The van der Waals surface area contributed by atoms with Crippen LogP contribution in [0.5, 0.6) is 0 Å². The molecule has 0 aliphatic carbocycles. The average Bonchev–Trinajstić information content (AvgIpc) is 2.08. The first-order valence-electron chi connectivity index (χ1n) is 4.92. The Morgan fingerprint density at radius 2 is 2.29 bits per heavy atom. The summed E-state index contributed by atoms with van der Waals surface area (Å²) in [5.74, 6) is 0.666. The fraction of sp³-hybridized carbons (Fsp3) is 0.600. The quantitative estimate of drug-likeness (QED) is 0.786. The summed E-state index contributed by atoms with van der Waals surface area (Å²) in [6, 6.07) is 1.41. The molecular formula is C10H17N3O. The maximum Gasteiger partial charge on any atom is 0.268 e. The largest absolute Gasteiger partial charge is 0.397 e. The van der Waals surface area contributed by atoms with E-state index in [4.69, 9.17) is 5.73 Å². The molecule has 1 aromatic heterocycles. The van der Waals surface area contributed by atoms with E-state index in [1.165, 1.54) is 16.9 Å². The molecule has 2 N–H and O–H groups in total. The molecule has 0 aliphatic heterocycles. The summed E-state index contributed by atoms with van der Waals surface area (Å²) in [5.41, 5.74) is 5.74. The Bertz CT molecular complexity index is 343. The molecule has 0 spiro atoms. The Balaban J connectivity index is 2.55. The number of nitrogen functional groups attached to an aromatic ring is 1. The Morgan fingerprint density at radius 3 is 2.86 bits per heavy atom. The molecule has 1 aromatic rings. The smallest absolute Gasteiger partial charge is 0.268 e. The van der Waals surface area contributed by atoms with E-state index in [2.05, 4.69) is 18.9 Å². The SMILES string of the molecule is CC(C)CCCn1ncc(N)cc1=O. The number of anilines is 1. The highest BCUT2D eigenvalue weighted by Crippen LogP contribution is 2.03. The number of aryl methyl sites for hydroxylation is 1. The summed E-state index contributed by atoms with van der Waals surface area (Å²) >= 11 is 0. The minimum Gasteiger partial charge on any atom is -0.397 e. The van der Waals surface area contributed by atoms with Gasteiger partial charge in [0.1, 0.15) is 0 Å². The summed E-state index contributed by atoms with van der Waals surface area (Å²) in [7, 11) is 0. The van der Waals surface area contributed by atoms with Gasteiger partial charge in [-0.3, -0.25) is 4.79 Å². The van der Waals surface area contributed by atoms with Crippen LogP contribution in [-0.4, -0.2) is 9.78 Å². The van der Waals surface area contributed by atoms with Gasteiger partial charge in [0.25, 0.3) is 5.56 Å². The molecule has 0 atom stereocenters. The third-order valence-corrected chi connectivity index (χ3v) is 2.04. The van der Waals surface area contributed by atoms with Gasteiger partial charge in [0, 0.05) is 12.6 Å². The van der Waals surface area contributed by atoms with E-state index in [9.17, 15) is 4.79 Å². The van der Waals surface area contributed by atoms with Crippen LogP contribution in [0.2, 0.25) is 0 Å². The van der Waals surface area contributed by atoms with Crippen LogP contribution < -0.4 is 11.3 Å². The number of nitrogens with zero attached hydrogens (tertiary/aromatic N) is 2. The van der Waals surface area contributed by atoms with Crippen molar-refractivity contribution in [1.29, 1.82) is 0 Å². The van der Waals surface area contributed by atoms with Gasteiger partial charge in [0.15, 0.2) is 0 Å². The topological polar surface area (TPSA) is 60.9 Å². The highest BCUT2D eigenvalue weighted by molar-refractivity contribution is 5.31. The lowest BCUT2D eigenvalue weighted by atomic mass is 10.1. The van der Waals surface area contributed by atoms with Gasteiger partial charge in [-0.2, -0.15) is 5.10 Å². The zero-order valence-electron chi connectivity index (χ0n) is 8.73. The van der Waals surface area contributed by atoms with Gasteiger partial charge in [-0.1, -0.05) is 13.8 Å². The normalized spacial score (nSPS) is 10.8. The first-order chi connectivity index (χ1) is 6.59. The second-order valence-electron chi connectivity index (χ2n) is 3.89. The minimum atomic E-state index is -0.117. The minimum absolute atomic E-state index is 0.117. The summed E-state index contributed by atoms with van der Waals surface area (Å²) in [5, 5.41) is 3.95. The Kier molecular flexibility index (Phi) is 3.68. The van der Waals surface area contributed by atoms with Crippen LogP contribution >= 0.6 is 0 Å². The standard InChI is InChI=1S/C10H17N3O/c1-8(2)4-3-5-13-10(14)6-9(11)7-12-13/h6-8H,3-5,11H2,1-2H3. The summed E-state index contributed by atoms with van der Waals surface area (Å²) < 4.78 is 1.46. The van der Waals surface area contributed by atoms with Crippen LogP contribution in [0.4, 0.5) is 5.69 Å². The zero-order valence-corrected chi connectivity index (χ0v) is 8.73. The van der Waals surface area contributed by atoms with Crippen LogP contribution in [0.25, 0.3) is 0 Å². The Labute approximate surface area is 83.7 Å². The van der Waals surface area contributed by atoms with Crippen molar-refractivity contribution in [3.8, 4) is 0 Å². The van der Waals surface area contributed by atoms with Crippen molar-refractivity contribution in [2.75, 3.05) is 5.73 Å². The summed E-state index contributed by atoms with van der Waals surface area (Å²) in [4.78, 5) is 11.3. The fourth-order valence-electron chi connectivity index (χ4n) is 1.26. The van der Waals surface area contributed by atoms with Crippen molar-refractivity contribution in [2.24, 2.45) is 5.92 Å². The first-order valence-corrected chi connectivity index (χ1v) is 4.92. The number of nitrogens with two attached hydrogens (primary N) is 1. The van der Waals surface area contributed by atoms with Gasteiger partial charge in [-0.05, 0) is 18.8 Å². The van der Waals surface area contributed by atoms with E-state index in [0.29, 0.717) is 18.2 Å². The van der Waals surface area contributed by atoms with E-state index in [1.807, 2.05) is 0 Å². The van der Waals surface area contributed by atoms with Crippen molar-refractivity contribution in [2.45, 2.75) is 33.2 Å². The number of hydrogen-bond acceptors (Lipinski definition) is 3. The van der Waals surface area contributed by atoms with Crippen LogP contribution in [0, 0.1) is 5.92 Å². The highest BCUT2D eigenvalue weighted by Gasteiger charge is 1.99. The van der Waals surface area contributed by atoms with Crippen molar-refractivity contribution >= 4 is 5.69 Å².